The van der Waals surface area contributed by atoms with Crippen molar-refractivity contribution in [2.24, 2.45) is 12.0 Å². The zero-order valence-corrected chi connectivity index (χ0v) is 17.3. The number of benzene rings is 1. The van der Waals surface area contributed by atoms with E-state index in [0.29, 0.717) is 24.9 Å². The van der Waals surface area contributed by atoms with Gasteiger partial charge in [-0.3, -0.25) is 0 Å². The third kappa shape index (κ3) is 5.65. The second kappa shape index (κ2) is 10.3. The zero-order chi connectivity index (χ0) is 22.2. The van der Waals surface area contributed by atoms with Gasteiger partial charge in [-0.2, -0.15) is 13.2 Å². The van der Waals surface area contributed by atoms with E-state index < -0.39 is 24.0 Å². The molecule has 7 nitrogen and oxygen atoms in total. The van der Waals surface area contributed by atoms with E-state index in [4.69, 9.17) is 4.74 Å². The largest absolute Gasteiger partial charge is 0.494 e. The molecule has 1 aromatic carbocycles. The number of alkyl halides is 3. The Kier molecular flexibility index (Phi) is 8.10. The summed E-state index contributed by atoms with van der Waals surface area (Å²) in [6.45, 7) is 4.90. The first-order valence-electron chi connectivity index (χ1n) is 9.72. The number of guanidine groups is 1. The average molecular weight is 427 g/mol. The maximum Gasteiger partial charge on any atom is 0.424 e. The van der Waals surface area contributed by atoms with Gasteiger partial charge in [0, 0.05) is 44.5 Å². The van der Waals surface area contributed by atoms with Crippen molar-refractivity contribution in [2.75, 3.05) is 19.7 Å². The molecule has 1 aromatic heterocycles. The Hall–Kier alpha value is -2.75. The fourth-order valence-electron chi connectivity index (χ4n) is 2.94. The standard InChI is InChI=1S/C20H28F3N5O2/c1-4-24-18(27-14-15-8-6-7-9-16(15)30-5-2)26-11-10-19(29,20(21,22)23)17-25-12-13-28(17)3/h6-9,12-13,29H,4-5,10-11,14H2,1-3H3,(H2,24,26,27). The van der Waals surface area contributed by atoms with Gasteiger partial charge in [0.2, 0.25) is 5.60 Å². The Balaban J connectivity index is 2.10. The number of ether oxygens (including phenoxy) is 1. The van der Waals surface area contributed by atoms with Crippen LogP contribution in [0.2, 0.25) is 0 Å². The van der Waals surface area contributed by atoms with Crippen LogP contribution < -0.4 is 15.4 Å². The van der Waals surface area contributed by atoms with Crippen molar-refractivity contribution in [3.63, 3.8) is 0 Å². The van der Waals surface area contributed by atoms with E-state index in [0.717, 1.165) is 10.1 Å². The van der Waals surface area contributed by atoms with Crippen molar-refractivity contribution in [3.8, 4) is 5.75 Å². The summed E-state index contributed by atoms with van der Waals surface area (Å²) in [6, 6.07) is 7.44. The minimum absolute atomic E-state index is 0.165. The molecule has 0 spiro atoms. The molecule has 30 heavy (non-hydrogen) atoms. The molecule has 166 valence electrons. The molecular weight excluding hydrogens is 399 g/mol. The lowest BCUT2D eigenvalue weighted by atomic mass is 9.97. The first kappa shape index (κ1) is 23.5. The van der Waals surface area contributed by atoms with Crippen molar-refractivity contribution in [1.29, 1.82) is 0 Å². The molecule has 10 heteroatoms. The third-order valence-electron chi connectivity index (χ3n) is 4.46. The summed E-state index contributed by atoms with van der Waals surface area (Å²) in [4.78, 5) is 8.12. The first-order valence-corrected chi connectivity index (χ1v) is 9.72. The zero-order valence-electron chi connectivity index (χ0n) is 17.3. The second-order valence-electron chi connectivity index (χ2n) is 6.63. The van der Waals surface area contributed by atoms with Crippen LogP contribution in [-0.4, -0.2) is 46.5 Å². The Morgan fingerprint density at radius 1 is 1.23 bits per heavy atom. The van der Waals surface area contributed by atoms with Crippen molar-refractivity contribution >= 4 is 5.96 Å². The number of aryl methyl sites for hydroxylation is 1. The highest BCUT2D eigenvalue weighted by molar-refractivity contribution is 5.79. The quantitative estimate of drug-likeness (QED) is 0.423. The molecule has 0 amide bonds. The predicted molar refractivity (Wildman–Crippen MR) is 108 cm³/mol. The number of aliphatic hydroxyl groups is 1. The molecule has 0 aliphatic heterocycles. The molecule has 1 heterocycles. The molecule has 0 saturated heterocycles. The summed E-state index contributed by atoms with van der Waals surface area (Å²) in [5, 5.41) is 16.3. The van der Waals surface area contributed by atoms with Gasteiger partial charge in [0.1, 0.15) is 11.6 Å². The fraction of sp³-hybridized carbons (Fsp3) is 0.500. The van der Waals surface area contributed by atoms with Gasteiger partial charge in [0.05, 0.1) is 13.2 Å². The van der Waals surface area contributed by atoms with Crippen LogP contribution in [0.1, 0.15) is 31.7 Å². The van der Waals surface area contributed by atoms with E-state index in [1.165, 1.54) is 19.4 Å². The van der Waals surface area contributed by atoms with Crippen LogP contribution in [0, 0.1) is 0 Å². The fourth-order valence-corrected chi connectivity index (χ4v) is 2.94. The molecule has 0 aliphatic carbocycles. The molecule has 0 bridgehead atoms. The monoisotopic (exact) mass is 427 g/mol. The van der Waals surface area contributed by atoms with E-state index in [1.54, 1.807) is 0 Å². The molecule has 2 aromatic rings. The molecule has 0 fully saturated rings. The van der Waals surface area contributed by atoms with Gasteiger partial charge < -0.3 is 25.0 Å². The van der Waals surface area contributed by atoms with Crippen LogP contribution in [0.4, 0.5) is 13.2 Å². The SMILES string of the molecule is CCNC(=NCc1ccccc1OCC)NCCC(O)(c1nccn1C)C(F)(F)F. The molecule has 0 saturated carbocycles. The van der Waals surface area contributed by atoms with Crippen LogP contribution in [0.25, 0.3) is 0 Å². The minimum Gasteiger partial charge on any atom is -0.494 e. The Morgan fingerprint density at radius 3 is 2.57 bits per heavy atom. The Bertz CT molecular complexity index is 838. The van der Waals surface area contributed by atoms with Crippen LogP contribution in [-0.2, 0) is 19.2 Å². The lowest BCUT2D eigenvalue weighted by Gasteiger charge is -2.30. The highest BCUT2D eigenvalue weighted by Gasteiger charge is 2.57. The number of halogens is 3. The summed E-state index contributed by atoms with van der Waals surface area (Å²) >= 11 is 0. The van der Waals surface area contributed by atoms with Crippen LogP contribution in [0.15, 0.2) is 41.7 Å². The van der Waals surface area contributed by atoms with Crippen molar-refractivity contribution in [2.45, 2.75) is 38.6 Å². The van der Waals surface area contributed by atoms with E-state index >= 15 is 0 Å². The Morgan fingerprint density at radius 2 is 1.97 bits per heavy atom. The predicted octanol–water partition coefficient (Wildman–Crippen LogP) is 2.71. The van der Waals surface area contributed by atoms with Gasteiger partial charge in [-0.15, -0.1) is 0 Å². The maximum absolute atomic E-state index is 13.6. The lowest BCUT2D eigenvalue weighted by Crippen LogP contribution is -2.47. The van der Waals surface area contributed by atoms with Crippen molar-refractivity contribution in [1.82, 2.24) is 20.2 Å². The van der Waals surface area contributed by atoms with Gasteiger partial charge >= 0.3 is 6.18 Å². The number of hydrogen-bond acceptors (Lipinski definition) is 4. The normalized spacial score (nSPS) is 14.3. The summed E-state index contributed by atoms with van der Waals surface area (Å²) in [7, 11) is 1.41. The molecular formula is C20H28F3N5O2. The number of para-hydroxylation sites is 1. The number of aromatic nitrogens is 2. The first-order chi connectivity index (χ1) is 14.2. The molecule has 0 radical (unpaired) electrons. The maximum atomic E-state index is 13.6. The number of nitrogens with one attached hydrogen (secondary N) is 2. The molecule has 2 rings (SSSR count). The van der Waals surface area contributed by atoms with Gasteiger partial charge in [0.15, 0.2) is 5.96 Å². The van der Waals surface area contributed by atoms with E-state index in [9.17, 15) is 18.3 Å². The van der Waals surface area contributed by atoms with Gasteiger partial charge in [-0.25, -0.2) is 9.98 Å². The van der Waals surface area contributed by atoms with E-state index in [2.05, 4.69) is 20.6 Å². The summed E-state index contributed by atoms with van der Waals surface area (Å²) < 4.78 is 47.6. The van der Waals surface area contributed by atoms with Crippen molar-refractivity contribution in [3.05, 3.63) is 48.0 Å². The number of aliphatic imine (C=N–C) groups is 1. The molecule has 3 N–H and O–H groups in total. The van der Waals surface area contributed by atoms with E-state index in [-0.39, 0.29) is 13.1 Å². The number of imidazole rings is 1. The van der Waals surface area contributed by atoms with Crippen LogP contribution >= 0.6 is 0 Å². The summed E-state index contributed by atoms with van der Waals surface area (Å²) in [5.41, 5.74) is -2.21. The number of rotatable bonds is 9. The van der Waals surface area contributed by atoms with Gasteiger partial charge in [-0.05, 0) is 19.9 Å². The second-order valence-corrected chi connectivity index (χ2v) is 6.63. The average Bonchev–Trinajstić information content (AvgIpc) is 3.12. The number of nitrogens with zero attached hydrogens (tertiary/aromatic N) is 3. The highest BCUT2D eigenvalue weighted by Crippen LogP contribution is 2.40. The molecule has 0 aliphatic rings. The highest BCUT2D eigenvalue weighted by atomic mass is 19.4. The minimum atomic E-state index is -4.88. The van der Waals surface area contributed by atoms with Gasteiger partial charge in [0.25, 0.3) is 0 Å². The van der Waals surface area contributed by atoms with Gasteiger partial charge in [-0.1, -0.05) is 18.2 Å². The lowest BCUT2D eigenvalue weighted by molar-refractivity contribution is -0.272. The Labute approximate surface area is 174 Å². The summed E-state index contributed by atoms with van der Waals surface area (Å²) in [6.07, 6.45) is -2.91. The topological polar surface area (TPSA) is 83.7 Å². The molecule has 1 unspecified atom stereocenters. The summed E-state index contributed by atoms with van der Waals surface area (Å²) in [5.74, 6) is 0.596. The van der Waals surface area contributed by atoms with Crippen molar-refractivity contribution < 1.29 is 23.0 Å². The molecule has 1 atom stereocenters. The van der Waals surface area contributed by atoms with Crippen LogP contribution in [0.3, 0.4) is 0 Å². The third-order valence-corrected chi connectivity index (χ3v) is 4.46. The van der Waals surface area contributed by atoms with E-state index in [1.807, 2.05) is 38.1 Å². The smallest absolute Gasteiger partial charge is 0.424 e. The number of hydrogen-bond donors (Lipinski definition) is 3. The van der Waals surface area contributed by atoms with Crippen LogP contribution in [0.5, 0.6) is 5.75 Å².